The van der Waals surface area contributed by atoms with E-state index in [0.29, 0.717) is 0 Å². The van der Waals surface area contributed by atoms with Gasteiger partial charge in [0.15, 0.2) is 0 Å². The van der Waals surface area contributed by atoms with Crippen LogP contribution in [0.3, 0.4) is 0 Å². The summed E-state index contributed by atoms with van der Waals surface area (Å²) in [6.45, 7) is 9.02. The Kier molecular flexibility index (Phi) is 5.28. The number of hydrogen-bond acceptors (Lipinski definition) is 6. The van der Waals surface area contributed by atoms with E-state index >= 15 is 0 Å². The summed E-state index contributed by atoms with van der Waals surface area (Å²) < 4.78 is 0. The molecule has 2 heterocycles. The number of aliphatic hydroxyl groups excluding tert-OH is 2. The molecule has 0 aromatic heterocycles. The Morgan fingerprint density at radius 2 is 1.04 bits per heavy atom. The molecule has 10 nitrogen and oxygen atoms in total. The van der Waals surface area contributed by atoms with E-state index < -0.39 is 47.4 Å². The maximum absolute atomic E-state index is 12.8. The molecule has 0 spiro atoms. The van der Waals surface area contributed by atoms with Gasteiger partial charge in [-0.25, -0.2) is 19.4 Å². The summed E-state index contributed by atoms with van der Waals surface area (Å²) in [6, 6.07) is -1.46. The third-order valence-electron chi connectivity index (χ3n) is 5.32. The molecule has 2 aliphatic heterocycles. The second kappa shape index (κ2) is 6.75. The first-order valence-electron chi connectivity index (χ1n) is 9.00. The smallest absolute Gasteiger partial charge is 0.331 e. The van der Waals surface area contributed by atoms with E-state index in [-0.39, 0.29) is 19.5 Å². The molecule has 6 amide bonds. The summed E-state index contributed by atoms with van der Waals surface area (Å²) >= 11 is 0. The van der Waals surface area contributed by atoms with Gasteiger partial charge in [-0.15, -0.1) is 0 Å². The predicted octanol–water partition coefficient (Wildman–Crippen LogP) is 0.486. The topological polar surface area (TPSA) is 122 Å². The lowest BCUT2D eigenvalue weighted by molar-refractivity contribution is -0.138. The minimum atomic E-state index is -1.30. The van der Waals surface area contributed by atoms with E-state index in [0.717, 1.165) is 19.6 Å². The van der Waals surface area contributed by atoms with Crippen LogP contribution in [0, 0.1) is 0 Å². The fraction of sp³-hybridized carbons (Fsp3) is 0.765. The van der Waals surface area contributed by atoms with Gasteiger partial charge in [-0.2, -0.15) is 0 Å². The largest absolute Gasteiger partial charge is 0.373 e. The van der Waals surface area contributed by atoms with Gasteiger partial charge in [0, 0.05) is 0 Å². The van der Waals surface area contributed by atoms with Crippen LogP contribution in [-0.4, -0.2) is 83.9 Å². The zero-order chi connectivity index (χ0) is 20.9. The Balaban J connectivity index is 2.37. The van der Waals surface area contributed by atoms with Crippen LogP contribution in [0.4, 0.5) is 9.59 Å². The average molecular weight is 384 g/mol. The fourth-order valence-electron chi connectivity index (χ4n) is 3.24. The standard InChI is InChI=1S/C17H28N4O6/c1-7-10(22)20-12(24)16(3,4)18(14(20)26)9-19-15(27)21(11(23)8-2)13(25)17(19,5)6/h10-11,22-23H,7-9H2,1-6H3. The molecule has 2 aliphatic rings. The van der Waals surface area contributed by atoms with Crippen LogP contribution in [0.15, 0.2) is 0 Å². The summed E-state index contributed by atoms with van der Waals surface area (Å²) in [7, 11) is 0. The van der Waals surface area contributed by atoms with Crippen molar-refractivity contribution in [3.8, 4) is 0 Å². The van der Waals surface area contributed by atoms with Gasteiger partial charge < -0.3 is 10.2 Å². The summed E-state index contributed by atoms with van der Waals surface area (Å²) in [5.41, 5.74) is -2.60. The first-order chi connectivity index (χ1) is 12.3. The van der Waals surface area contributed by atoms with Crippen molar-refractivity contribution in [3.63, 3.8) is 0 Å². The molecule has 0 bridgehead atoms. The molecule has 0 aliphatic carbocycles. The lowest BCUT2D eigenvalue weighted by atomic mass is 10.0. The molecule has 0 radical (unpaired) electrons. The maximum Gasteiger partial charge on any atom is 0.331 e. The molecule has 10 heteroatoms. The van der Waals surface area contributed by atoms with Gasteiger partial charge in [0.25, 0.3) is 11.8 Å². The van der Waals surface area contributed by atoms with Crippen LogP contribution in [0.5, 0.6) is 0 Å². The van der Waals surface area contributed by atoms with Crippen LogP contribution in [0.25, 0.3) is 0 Å². The lowest BCUT2D eigenvalue weighted by Crippen LogP contribution is -2.55. The Bertz CT molecular complexity index is 620. The van der Waals surface area contributed by atoms with Crippen molar-refractivity contribution in [1.82, 2.24) is 19.6 Å². The first-order valence-corrected chi connectivity index (χ1v) is 9.00. The molecule has 0 saturated carbocycles. The second-order valence-electron chi connectivity index (χ2n) is 7.81. The summed E-state index contributed by atoms with van der Waals surface area (Å²) in [5.74, 6) is -1.16. The number of imide groups is 2. The second-order valence-corrected chi connectivity index (χ2v) is 7.81. The normalized spacial score (nSPS) is 24.3. The number of aliphatic hydroxyl groups is 2. The molecule has 2 unspecified atom stereocenters. The predicted molar refractivity (Wildman–Crippen MR) is 93.8 cm³/mol. The van der Waals surface area contributed by atoms with Crippen molar-refractivity contribution in [3.05, 3.63) is 0 Å². The molecule has 2 N–H and O–H groups in total. The average Bonchev–Trinajstić information content (AvgIpc) is 2.87. The Labute approximate surface area is 158 Å². The molecular weight excluding hydrogens is 356 g/mol. The number of hydrogen-bond donors (Lipinski definition) is 2. The highest BCUT2D eigenvalue weighted by Gasteiger charge is 2.58. The Morgan fingerprint density at radius 3 is 1.30 bits per heavy atom. The molecule has 2 fully saturated rings. The van der Waals surface area contributed by atoms with Crippen molar-refractivity contribution < 1.29 is 29.4 Å². The van der Waals surface area contributed by atoms with Crippen LogP contribution >= 0.6 is 0 Å². The highest BCUT2D eigenvalue weighted by molar-refractivity contribution is 6.08. The summed E-state index contributed by atoms with van der Waals surface area (Å²) in [6.07, 6.45) is -2.19. The van der Waals surface area contributed by atoms with Crippen molar-refractivity contribution in [1.29, 1.82) is 0 Å². The van der Waals surface area contributed by atoms with Gasteiger partial charge in [-0.1, -0.05) is 13.8 Å². The fourth-order valence-corrected chi connectivity index (χ4v) is 3.24. The third kappa shape index (κ3) is 2.96. The number of carbonyl (C=O) groups excluding carboxylic acids is 4. The summed E-state index contributed by atoms with van der Waals surface area (Å²) in [4.78, 5) is 54.7. The number of urea groups is 2. The highest BCUT2D eigenvalue weighted by atomic mass is 16.3. The molecule has 2 atom stereocenters. The van der Waals surface area contributed by atoms with Gasteiger partial charge >= 0.3 is 12.1 Å². The van der Waals surface area contributed by atoms with Crippen molar-refractivity contribution in [2.45, 2.75) is 77.9 Å². The quantitative estimate of drug-likeness (QED) is 0.643. The molecule has 152 valence electrons. The van der Waals surface area contributed by atoms with E-state index in [1.54, 1.807) is 13.8 Å². The van der Waals surface area contributed by atoms with Gasteiger partial charge in [0.1, 0.15) is 30.2 Å². The Hall–Kier alpha value is -2.20. The zero-order valence-corrected chi connectivity index (χ0v) is 16.6. The molecular formula is C17H28N4O6. The van der Waals surface area contributed by atoms with E-state index in [1.807, 2.05) is 0 Å². The molecule has 0 aromatic rings. The number of nitrogens with zero attached hydrogens (tertiary/aromatic N) is 4. The molecule has 2 saturated heterocycles. The van der Waals surface area contributed by atoms with Gasteiger partial charge in [0.2, 0.25) is 0 Å². The third-order valence-corrected chi connectivity index (χ3v) is 5.32. The van der Waals surface area contributed by atoms with Crippen molar-refractivity contribution in [2.24, 2.45) is 0 Å². The van der Waals surface area contributed by atoms with E-state index in [1.165, 1.54) is 27.7 Å². The van der Waals surface area contributed by atoms with E-state index in [2.05, 4.69) is 0 Å². The Morgan fingerprint density at radius 1 is 0.741 bits per heavy atom. The monoisotopic (exact) mass is 384 g/mol. The lowest BCUT2D eigenvalue weighted by Gasteiger charge is -2.36. The van der Waals surface area contributed by atoms with Crippen LogP contribution in [-0.2, 0) is 9.59 Å². The maximum atomic E-state index is 12.8. The van der Waals surface area contributed by atoms with Crippen LogP contribution in [0.2, 0.25) is 0 Å². The van der Waals surface area contributed by atoms with Gasteiger partial charge in [-0.05, 0) is 40.5 Å². The van der Waals surface area contributed by atoms with Gasteiger partial charge in [-0.3, -0.25) is 19.4 Å². The number of amides is 6. The van der Waals surface area contributed by atoms with Crippen LogP contribution in [0.1, 0.15) is 54.4 Å². The molecule has 27 heavy (non-hydrogen) atoms. The van der Waals surface area contributed by atoms with Crippen LogP contribution < -0.4 is 0 Å². The van der Waals surface area contributed by atoms with Gasteiger partial charge in [0.05, 0.1) is 0 Å². The van der Waals surface area contributed by atoms with Crippen molar-refractivity contribution >= 4 is 23.9 Å². The minimum absolute atomic E-state index is 0.171. The SMILES string of the molecule is CCC(O)N1C(=O)N(CN2C(=O)N(C(O)CC)C(=O)C2(C)C)C(C)(C)C1=O. The number of carbonyl (C=O) groups is 4. The molecule has 0 aromatic carbocycles. The number of rotatable bonds is 6. The summed E-state index contributed by atoms with van der Waals surface area (Å²) in [5, 5.41) is 20.1. The first kappa shape index (κ1) is 21.1. The minimum Gasteiger partial charge on any atom is -0.373 e. The van der Waals surface area contributed by atoms with E-state index in [9.17, 15) is 29.4 Å². The molecule has 2 rings (SSSR count). The van der Waals surface area contributed by atoms with Crippen molar-refractivity contribution in [2.75, 3.05) is 6.67 Å². The zero-order valence-electron chi connectivity index (χ0n) is 16.6. The van der Waals surface area contributed by atoms with E-state index in [4.69, 9.17) is 0 Å². The highest BCUT2D eigenvalue weighted by Crippen LogP contribution is 2.34.